The van der Waals surface area contributed by atoms with Gasteiger partial charge in [0.05, 0.1) is 6.61 Å². The Morgan fingerprint density at radius 1 is 1.57 bits per heavy atom. The zero-order chi connectivity index (χ0) is 5.33. The molecule has 0 radical (unpaired) electrons. The molecule has 3 nitrogen and oxygen atoms in total. The predicted molar refractivity (Wildman–Crippen MR) is 25.1 cm³/mol. The molecule has 1 aliphatic heterocycles. The topological polar surface area (TPSA) is 34.0 Å². The fraction of sp³-hybridized carbons (Fsp3) is 1.00. The van der Waals surface area contributed by atoms with Gasteiger partial charge in [-0.2, -0.15) is 10.2 Å². The van der Waals surface area contributed by atoms with Gasteiger partial charge in [0.15, 0.2) is 0 Å². The first kappa shape index (κ1) is 4.71. The summed E-state index contributed by atoms with van der Waals surface area (Å²) in [6, 6.07) is 0. The minimum absolute atomic E-state index is 0.172. The summed E-state index contributed by atoms with van der Waals surface area (Å²) in [6.45, 7) is 2.55. The SMILES string of the molecule is COCC1(C)N=N1. The van der Waals surface area contributed by atoms with E-state index in [1.165, 1.54) is 0 Å². The number of hydrogen-bond donors (Lipinski definition) is 0. The van der Waals surface area contributed by atoms with Crippen LogP contribution in [0.25, 0.3) is 0 Å². The van der Waals surface area contributed by atoms with Crippen LogP contribution in [0.3, 0.4) is 0 Å². The van der Waals surface area contributed by atoms with Crippen molar-refractivity contribution in [2.24, 2.45) is 10.2 Å². The average molecular weight is 100 g/mol. The lowest BCUT2D eigenvalue weighted by atomic mass is 10.3. The Hall–Kier alpha value is -0.440. The van der Waals surface area contributed by atoms with Gasteiger partial charge < -0.3 is 4.74 Å². The minimum atomic E-state index is -0.172. The van der Waals surface area contributed by atoms with Crippen molar-refractivity contribution in [1.82, 2.24) is 0 Å². The molecule has 0 atom stereocenters. The molecular formula is C4H8N2O. The van der Waals surface area contributed by atoms with Gasteiger partial charge in [-0.05, 0) is 6.92 Å². The van der Waals surface area contributed by atoms with E-state index in [1.807, 2.05) is 6.92 Å². The molecule has 0 saturated carbocycles. The quantitative estimate of drug-likeness (QED) is 0.505. The van der Waals surface area contributed by atoms with E-state index < -0.39 is 0 Å². The molecule has 0 amide bonds. The molecule has 1 heterocycles. The maximum atomic E-state index is 4.78. The molecule has 0 bridgehead atoms. The van der Waals surface area contributed by atoms with E-state index in [0.717, 1.165) is 0 Å². The highest BCUT2D eigenvalue weighted by Gasteiger charge is 2.33. The van der Waals surface area contributed by atoms with Crippen LogP contribution in [0.15, 0.2) is 10.2 Å². The Balaban J connectivity index is 2.16. The highest BCUT2D eigenvalue weighted by Crippen LogP contribution is 2.26. The van der Waals surface area contributed by atoms with Gasteiger partial charge in [0.2, 0.25) is 5.66 Å². The third-order valence-corrected chi connectivity index (χ3v) is 0.859. The van der Waals surface area contributed by atoms with E-state index in [9.17, 15) is 0 Å². The normalized spacial score (nSPS) is 22.6. The van der Waals surface area contributed by atoms with Crippen molar-refractivity contribution in [2.75, 3.05) is 13.7 Å². The standard InChI is InChI=1S/C4H8N2O/c1-4(3-7-2)5-6-4/h3H2,1-2H3. The van der Waals surface area contributed by atoms with Crippen LogP contribution in [0.5, 0.6) is 0 Å². The second-order valence-electron chi connectivity index (χ2n) is 1.85. The average Bonchev–Trinajstić information content (AvgIpc) is 2.22. The Morgan fingerprint density at radius 2 is 2.14 bits per heavy atom. The van der Waals surface area contributed by atoms with Crippen LogP contribution in [-0.4, -0.2) is 19.4 Å². The number of rotatable bonds is 2. The van der Waals surface area contributed by atoms with Gasteiger partial charge in [-0.1, -0.05) is 0 Å². The van der Waals surface area contributed by atoms with Crippen molar-refractivity contribution in [3.63, 3.8) is 0 Å². The van der Waals surface area contributed by atoms with Crippen molar-refractivity contribution in [1.29, 1.82) is 0 Å². The number of ether oxygens (including phenoxy) is 1. The molecule has 0 aliphatic carbocycles. The summed E-state index contributed by atoms with van der Waals surface area (Å²) in [5.41, 5.74) is -0.172. The van der Waals surface area contributed by atoms with Crippen LogP contribution in [0.1, 0.15) is 6.92 Å². The Morgan fingerprint density at radius 3 is 2.29 bits per heavy atom. The molecule has 40 valence electrons. The monoisotopic (exact) mass is 100 g/mol. The van der Waals surface area contributed by atoms with E-state index in [2.05, 4.69) is 10.2 Å². The fourth-order valence-corrected chi connectivity index (χ4v) is 0.417. The number of methoxy groups -OCH3 is 1. The van der Waals surface area contributed by atoms with Gasteiger partial charge in [0, 0.05) is 7.11 Å². The molecule has 0 fully saturated rings. The summed E-state index contributed by atoms with van der Waals surface area (Å²) in [4.78, 5) is 0. The molecule has 0 unspecified atom stereocenters. The second-order valence-corrected chi connectivity index (χ2v) is 1.85. The maximum Gasteiger partial charge on any atom is 0.211 e. The summed E-state index contributed by atoms with van der Waals surface area (Å²) in [6.07, 6.45) is 0. The van der Waals surface area contributed by atoms with Crippen LogP contribution in [0.2, 0.25) is 0 Å². The van der Waals surface area contributed by atoms with Crippen LogP contribution in [-0.2, 0) is 4.74 Å². The summed E-state index contributed by atoms with van der Waals surface area (Å²) in [5.74, 6) is 0. The van der Waals surface area contributed by atoms with E-state index in [1.54, 1.807) is 7.11 Å². The molecular weight excluding hydrogens is 92.1 g/mol. The van der Waals surface area contributed by atoms with Crippen molar-refractivity contribution in [3.05, 3.63) is 0 Å². The van der Waals surface area contributed by atoms with Gasteiger partial charge in [-0.3, -0.25) is 0 Å². The van der Waals surface area contributed by atoms with Gasteiger partial charge >= 0.3 is 0 Å². The lowest BCUT2D eigenvalue weighted by Crippen LogP contribution is -2.11. The molecule has 3 heteroatoms. The number of nitrogens with zero attached hydrogens (tertiary/aromatic N) is 2. The third kappa shape index (κ3) is 0.962. The highest BCUT2D eigenvalue weighted by atomic mass is 16.5. The molecule has 1 rings (SSSR count). The minimum Gasteiger partial charge on any atom is -0.380 e. The molecule has 0 saturated heterocycles. The van der Waals surface area contributed by atoms with Gasteiger partial charge in [-0.15, -0.1) is 0 Å². The zero-order valence-electron chi connectivity index (χ0n) is 4.51. The lowest BCUT2D eigenvalue weighted by Gasteiger charge is -1.97. The van der Waals surface area contributed by atoms with Crippen molar-refractivity contribution in [3.8, 4) is 0 Å². The van der Waals surface area contributed by atoms with Crippen molar-refractivity contribution < 1.29 is 4.74 Å². The molecule has 1 aliphatic rings. The van der Waals surface area contributed by atoms with E-state index >= 15 is 0 Å². The zero-order valence-corrected chi connectivity index (χ0v) is 4.51. The van der Waals surface area contributed by atoms with Crippen molar-refractivity contribution >= 4 is 0 Å². The molecule has 0 aromatic rings. The lowest BCUT2D eigenvalue weighted by molar-refractivity contribution is 0.171. The summed E-state index contributed by atoms with van der Waals surface area (Å²) in [5, 5.41) is 7.45. The Labute approximate surface area is 42.4 Å². The van der Waals surface area contributed by atoms with Crippen LogP contribution in [0.4, 0.5) is 0 Å². The summed E-state index contributed by atoms with van der Waals surface area (Å²) < 4.78 is 4.78. The molecule has 0 aromatic heterocycles. The van der Waals surface area contributed by atoms with E-state index in [4.69, 9.17) is 4.74 Å². The van der Waals surface area contributed by atoms with Gasteiger partial charge in [-0.25, -0.2) is 0 Å². The molecule has 7 heavy (non-hydrogen) atoms. The first-order valence-corrected chi connectivity index (χ1v) is 2.20. The molecule has 0 N–H and O–H groups in total. The van der Waals surface area contributed by atoms with Gasteiger partial charge in [0.25, 0.3) is 0 Å². The van der Waals surface area contributed by atoms with E-state index in [0.29, 0.717) is 6.61 Å². The molecule has 0 aromatic carbocycles. The fourth-order valence-electron chi connectivity index (χ4n) is 0.417. The Kier molecular flexibility index (Phi) is 0.852. The van der Waals surface area contributed by atoms with Crippen LogP contribution >= 0.6 is 0 Å². The molecule has 0 spiro atoms. The van der Waals surface area contributed by atoms with Crippen LogP contribution in [0, 0.1) is 0 Å². The first-order valence-electron chi connectivity index (χ1n) is 2.20. The second kappa shape index (κ2) is 1.26. The Bertz CT molecular complexity index is 93.9. The smallest absolute Gasteiger partial charge is 0.211 e. The number of hydrogen-bond acceptors (Lipinski definition) is 3. The predicted octanol–water partition coefficient (Wildman–Crippen LogP) is 0.815. The third-order valence-electron chi connectivity index (χ3n) is 0.859. The largest absolute Gasteiger partial charge is 0.380 e. The summed E-state index contributed by atoms with van der Waals surface area (Å²) in [7, 11) is 1.65. The first-order chi connectivity index (χ1) is 3.27. The van der Waals surface area contributed by atoms with Gasteiger partial charge in [0.1, 0.15) is 0 Å². The van der Waals surface area contributed by atoms with Crippen LogP contribution < -0.4 is 0 Å². The highest BCUT2D eigenvalue weighted by molar-refractivity contribution is 4.87. The summed E-state index contributed by atoms with van der Waals surface area (Å²) >= 11 is 0. The maximum absolute atomic E-state index is 4.78. The van der Waals surface area contributed by atoms with Crippen molar-refractivity contribution in [2.45, 2.75) is 12.6 Å². The van der Waals surface area contributed by atoms with E-state index in [-0.39, 0.29) is 5.66 Å².